The van der Waals surface area contributed by atoms with Crippen LogP contribution in [0.5, 0.6) is 0 Å². The van der Waals surface area contributed by atoms with E-state index < -0.39 is 59.4 Å². The van der Waals surface area contributed by atoms with Crippen molar-refractivity contribution in [3.8, 4) is 0 Å². The van der Waals surface area contributed by atoms with Crippen LogP contribution in [-0.2, 0) is 26.8 Å². The van der Waals surface area contributed by atoms with E-state index in [-0.39, 0.29) is 12.8 Å². The number of phosphoric ester groups is 1. The highest BCUT2D eigenvalue weighted by Gasteiger charge is 2.33. The van der Waals surface area contributed by atoms with Gasteiger partial charge in [0.25, 0.3) is 15.6 Å². The molecule has 0 saturated heterocycles. The number of nitrogens with zero attached hydrogens (tertiary/aromatic N) is 2. The van der Waals surface area contributed by atoms with Crippen molar-refractivity contribution >= 4 is 29.3 Å². The number of aromatic nitrogens is 2. The van der Waals surface area contributed by atoms with Gasteiger partial charge in [0.15, 0.2) is 11.6 Å². The molecule has 2 rings (SSSR count). The van der Waals surface area contributed by atoms with E-state index >= 15 is 0 Å². The molecule has 1 heterocycles. The van der Waals surface area contributed by atoms with Crippen molar-refractivity contribution in [2.45, 2.75) is 18.9 Å². The van der Waals surface area contributed by atoms with Crippen molar-refractivity contribution < 1.29 is 50.8 Å². The first-order chi connectivity index (χ1) is 12.2. The van der Waals surface area contributed by atoms with Crippen molar-refractivity contribution in [2.75, 3.05) is 12.3 Å². The molecule has 14 nitrogen and oxygen atoms in total. The Kier molecular flexibility index (Phi) is 6.45. The van der Waals surface area contributed by atoms with Gasteiger partial charge in [0.1, 0.15) is 0 Å². The zero-order valence-electron chi connectivity index (χ0n) is 13.0. The van der Waals surface area contributed by atoms with Crippen molar-refractivity contribution in [3.63, 3.8) is 0 Å². The molecule has 1 aliphatic carbocycles. The molecule has 18 heteroatoms. The topological polar surface area (TPSA) is 232 Å². The van der Waals surface area contributed by atoms with E-state index in [0.29, 0.717) is 0 Å². The summed E-state index contributed by atoms with van der Waals surface area (Å²) in [6.07, 6.45) is 1.17. The normalized spacial score (nSPS) is 24.6. The maximum Gasteiger partial charge on any atom is 0.349 e. The summed E-state index contributed by atoms with van der Waals surface area (Å²) >= 11 is 0. The highest BCUT2D eigenvalue weighted by Crippen LogP contribution is 2.60. The van der Waals surface area contributed by atoms with Gasteiger partial charge in [-0.25, -0.2) is 13.5 Å². The molecule has 0 aromatic carbocycles. The second kappa shape index (κ2) is 7.80. The summed E-state index contributed by atoms with van der Waals surface area (Å²) in [6, 6.07) is -0.513. The molecule has 1 aromatic heterocycles. The Morgan fingerprint density at radius 2 is 1.78 bits per heavy atom. The first-order valence-corrected chi connectivity index (χ1v) is 11.3. The zero-order chi connectivity index (χ0) is 20.6. The fourth-order valence-electron chi connectivity index (χ4n) is 2.26. The second-order valence-electron chi connectivity index (χ2n) is 5.46. The van der Waals surface area contributed by atoms with Gasteiger partial charge in [0.05, 0.1) is 14.4 Å². The molecule has 1 fully saturated rings. The molecule has 0 aliphatic heterocycles. The second-order valence-corrected chi connectivity index (χ2v) is 9.70. The third-order valence-electron chi connectivity index (χ3n) is 3.41. The van der Waals surface area contributed by atoms with Gasteiger partial charge in [-0.3, -0.25) is 18.0 Å². The minimum atomic E-state index is -6.05. The standard InChI is InChI=1S/C9H15FN3O11P3/c10-7-3-13(9(14)12-8(7)11)6-1-5(2-6)4-22-26(18,19)24-27(20,21)23-25(15,16)17/h3,5-6H,1-2,4H2,(H,18,19)(H,20,21)(H2,11,12,14)(H2,15,16,17)/p-4. The molecular formula is C9H11FN3O11P3-4. The van der Waals surface area contributed by atoms with E-state index in [9.17, 15) is 42.5 Å². The minimum absolute atomic E-state index is 0.160. The van der Waals surface area contributed by atoms with Crippen molar-refractivity contribution in [1.29, 1.82) is 0 Å². The Labute approximate surface area is 150 Å². The van der Waals surface area contributed by atoms with Crippen LogP contribution < -0.4 is 31.0 Å². The van der Waals surface area contributed by atoms with Crippen molar-refractivity contribution in [2.24, 2.45) is 5.92 Å². The molecule has 0 bridgehead atoms. The van der Waals surface area contributed by atoms with Gasteiger partial charge in [0, 0.05) is 12.2 Å². The van der Waals surface area contributed by atoms with Gasteiger partial charge in [-0.2, -0.15) is 4.98 Å². The van der Waals surface area contributed by atoms with Crippen LogP contribution in [0.3, 0.4) is 0 Å². The molecule has 2 N–H and O–H groups in total. The number of nitrogen functional groups attached to an aromatic ring is 1. The van der Waals surface area contributed by atoms with Crippen LogP contribution in [0.15, 0.2) is 11.0 Å². The first-order valence-electron chi connectivity index (χ1n) is 6.93. The summed E-state index contributed by atoms with van der Waals surface area (Å²) in [5.41, 5.74) is 4.34. The average Bonchev–Trinajstić information content (AvgIpc) is 2.37. The lowest BCUT2D eigenvalue weighted by molar-refractivity contribution is -0.339. The molecule has 1 aliphatic rings. The van der Waals surface area contributed by atoms with Gasteiger partial charge in [-0.05, 0) is 18.8 Å². The summed E-state index contributed by atoms with van der Waals surface area (Å²) < 4.78 is 57.6. The number of hydrogen-bond donors (Lipinski definition) is 1. The highest BCUT2D eigenvalue weighted by atomic mass is 31.3. The predicted molar refractivity (Wildman–Crippen MR) is 75.6 cm³/mol. The number of nitrogens with two attached hydrogens (primary N) is 1. The van der Waals surface area contributed by atoms with Gasteiger partial charge in [-0.15, -0.1) is 0 Å². The maximum absolute atomic E-state index is 13.4. The van der Waals surface area contributed by atoms with Gasteiger partial charge >= 0.3 is 5.69 Å². The van der Waals surface area contributed by atoms with Gasteiger partial charge < -0.3 is 34.4 Å². The summed E-state index contributed by atoms with van der Waals surface area (Å²) in [7, 11) is -17.6. The Morgan fingerprint density at radius 3 is 2.33 bits per heavy atom. The van der Waals surface area contributed by atoms with E-state index in [0.717, 1.165) is 10.8 Å². The lowest BCUT2D eigenvalue weighted by Crippen LogP contribution is -2.37. The van der Waals surface area contributed by atoms with Gasteiger partial charge in [-0.1, -0.05) is 0 Å². The summed E-state index contributed by atoms with van der Waals surface area (Å²) in [5, 5.41) is 0. The highest BCUT2D eigenvalue weighted by molar-refractivity contribution is 7.64. The molecule has 0 spiro atoms. The summed E-state index contributed by atoms with van der Waals surface area (Å²) in [6.45, 7) is -0.580. The van der Waals surface area contributed by atoms with E-state index in [1.807, 2.05) is 0 Å². The number of anilines is 1. The predicted octanol–water partition coefficient (Wildman–Crippen LogP) is -2.27. The van der Waals surface area contributed by atoms with Gasteiger partial charge in [0.2, 0.25) is 0 Å². The van der Waals surface area contributed by atoms with E-state index in [4.69, 9.17) is 5.73 Å². The molecule has 0 radical (unpaired) electrons. The Morgan fingerprint density at radius 1 is 1.19 bits per heavy atom. The third kappa shape index (κ3) is 6.54. The monoisotopic (exact) mass is 449 g/mol. The molecule has 0 amide bonds. The molecule has 1 aromatic rings. The molecule has 1 saturated carbocycles. The largest absolute Gasteiger partial charge is 0.790 e. The quantitative estimate of drug-likeness (QED) is 0.413. The van der Waals surface area contributed by atoms with Crippen LogP contribution in [-0.4, -0.2) is 16.2 Å². The number of phosphoric acid groups is 3. The Bertz CT molecular complexity index is 910. The van der Waals surface area contributed by atoms with Crippen LogP contribution in [0.25, 0.3) is 0 Å². The average molecular weight is 449 g/mol. The Hall–Kier alpha value is -0.980. The minimum Gasteiger partial charge on any atom is -0.790 e. The summed E-state index contributed by atoms with van der Waals surface area (Å²) in [5.74, 6) is -1.96. The van der Waals surface area contributed by atoms with Crippen LogP contribution in [0, 0.1) is 11.7 Å². The number of rotatable bonds is 8. The number of halogens is 1. The zero-order valence-corrected chi connectivity index (χ0v) is 15.7. The molecule has 2 atom stereocenters. The molecular weight excluding hydrogens is 438 g/mol. The van der Waals surface area contributed by atoms with Crippen LogP contribution in [0.1, 0.15) is 18.9 Å². The molecule has 27 heavy (non-hydrogen) atoms. The molecule has 2 unspecified atom stereocenters. The Balaban J connectivity index is 1.88. The fraction of sp³-hybridized carbons (Fsp3) is 0.556. The van der Waals surface area contributed by atoms with E-state index in [2.05, 4.69) is 18.1 Å². The number of hydrogen-bond acceptors (Lipinski definition) is 13. The van der Waals surface area contributed by atoms with Crippen molar-refractivity contribution in [3.05, 3.63) is 22.5 Å². The lowest BCUT2D eigenvalue weighted by Gasteiger charge is -2.39. The maximum atomic E-state index is 13.4. The molecule has 154 valence electrons. The fourth-order valence-corrected chi connectivity index (χ4v) is 5.19. The SMILES string of the molecule is Nc1nc(=O)n(C2CC(COP(=O)([O-])OP(=O)([O-])OP(=O)([O-])[O-])C2)cc1F. The van der Waals surface area contributed by atoms with E-state index in [1.54, 1.807) is 0 Å². The van der Waals surface area contributed by atoms with Crippen LogP contribution in [0.4, 0.5) is 10.2 Å². The lowest BCUT2D eigenvalue weighted by atomic mass is 9.81. The smallest absolute Gasteiger partial charge is 0.349 e. The van der Waals surface area contributed by atoms with Crippen molar-refractivity contribution in [1.82, 2.24) is 9.55 Å². The first kappa shape index (κ1) is 22.3. The third-order valence-corrected chi connectivity index (χ3v) is 7.07. The van der Waals surface area contributed by atoms with Crippen LogP contribution >= 0.6 is 23.5 Å². The summed E-state index contributed by atoms with van der Waals surface area (Å²) in [4.78, 5) is 57.6. The van der Waals surface area contributed by atoms with Crippen LogP contribution in [0.2, 0.25) is 0 Å². The van der Waals surface area contributed by atoms with E-state index in [1.165, 1.54) is 0 Å².